The lowest BCUT2D eigenvalue weighted by Crippen LogP contribution is -2.47. The summed E-state index contributed by atoms with van der Waals surface area (Å²) in [6.07, 6.45) is -0.496. The van der Waals surface area contributed by atoms with Gasteiger partial charge in [0.25, 0.3) is 0 Å². The van der Waals surface area contributed by atoms with Crippen LogP contribution in [0.15, 0.2) is 12.2 Å². The van der Waals surface area contributed by atoms with Gasteiger partial charge < -0.3 is 10.1 Å². The van der Waals surface area contributed by atoms with Crippen LogP contribution in [0.25, 0.3) is 0 Å². The molecule has 3 nitrogen and oxygen atoms in total. The van der Waals surface area contributed by atoms with Crippen LogP contribution in [0.2, 0.25) is 0 Å². The molecule has 0 saturated carbocycles. The summed E-state index contributed by atoms with van der Waals surface area (Å²) >= 11 is 0. The molecule has 0 aromatic rings. The smallest absolute Gasteiger partial charge is 0.407 e. The zero-order chi connectivity index (χ0) is 14.7. The van der Waals surface area contributed by atoms with Gasteiger partial charge in [-0.3, -0.25) is 0 Å². The molecule has 0 rings (SSSR count). The fraction of sp³-hybridized carbons (Fsp3) is 0.800. The molecule has 0 spiro atoms. The average molecular weight is 255 g/mol. The van der Waals surface area contributed by atoms with Gasteiger partial charge in [0.05, 0.1) is 12.1 Å². The summed E-state index contributed by atoms with van der Waals surface area (Å²) in [5, 5.41) is 2.93. The van der Waals surface area contributed by atoms with Gasteiger partial charge in [0, 0.05) is 0 Å². The maximum atomic E-state index is 11.8. The Bertz CT molecular complexity index is 305. The molecule has 0 radical (unpaired) electrons. The van der Waals surface area contributed by atoms with Crippen LogP contribution in [0.4, 0.5) is 4.79 Å². The molecular formula is C15H29NO2. The van der Waals surface area contributed by atoms with Crippen LogP contribution in [0.5, 0.6) is 0 Å². The highest BCUT2D eigenvalue weighted by Crippen LogP contribution is 2.34. The number of hydrogen-bond acceptors (Lipinski definition) is 2. The molecule has 106 valence electrons. The number of rotatable bonds is 3. The van der Waals surface area contributed by atoms with E-state index in [2.05, 4.69) is 53.4 Å². The number of carbonyl (C=O) groups is 1. The van der Waals surface area contributed by atoms with Crippen molar-refractivity contribution in [3.63, 3.8) is 0 Å². The van der Waals surface area contributed by atoms with Gasteiger partial charge in [-0.05, 0) is 30.3 Å². The van der Waals surface area contributed by atoms with Crippen molar-refractivity contribution < 1.29 is 9.53 Å². The zero-order valence-corrected chi connectivity index (χ0v) is 13.2. The first-order chi connectivity index (χ1) is 7.85. The highest BCUT2D eigenvalue weighted by Gasteiger charge is 2.34. The van der Waals surface area contributed by atoms with Crippen molar-refractivity contribution in [3.8, 4) is 0 Å². The zero-order valence-electron chi connectivity index (χ0n) is 13.2. The Morgan fingerprint density at radius 3 is 1.83 bits per heavy atom. The second kappa shape index (κ2) is 5.77. The van der Waals surface area contributed by atoms with Crippen LogP contribution in [-0.2, 0) is 4.74 Å². The van der Waals surface area contributed by atoms with Crippen LogP contribution in [-0.4, -0.2) is 18.2 Å². The first kappa shape index (κ1) is 17.0. The van der Waals surface area contributed by atoms with Crippen molar-refractivity contribution in [1.29, 1.82) is 0 Å². The molecule has 0 aromatic heterocycles. The lowest BCUT2D eigenvalue weighted by Gasteiger charge is -2.38. The quantitative estimate of drug-likeness (QED) is 0.770. The van der Waals surface area contributed by atoms with Crippen LogP contribution in [0, 0.1) is 10.8 Å². The van der Waals surface area contributed by atoms with Crippen molar-refractivity contribution in [3.05, 3.63) is 12.2 Å². The van der Waals surface area contributed by atoms with Crippen molar-refractivity contribution in [2.45, 2.75) is 67.5 Å². The van der Waals surface area contributed by atoms with Crippen molar-refractivity contribution in [2.75, 3.05) is 0 Å². The molecule has 0 aromatic carbocycles. The van der Waals surface area contributed by atoms with Crippen molar-refractivity contribution in [2.24, 2.45) is 10.8 Å². The van der Waals surface area contributed by atoms with Gasteiger partial charge in [0.2, 0.25) is 0 Å². The molecule has 0 fully saturated rings. The highest BCUT2D eigenvalue weighted by atomic mass is 16.6. The number of amides is 1. The van der Waals surface area contributed by atoms with Gasteiger partial charge in [-0.1, -0.05) is 48.1 Å². The van der Waals surface area contributed by atoms with E-state index in [1.165, 1.54) is 0 Å². The summed E-state index contributed by atoms with van der Waals surface area (Å²) in [5.74, 6) is 0. The van der Waals surface area contributed by atoms with Crippen LogP contribution in [0.3, 0.4) is 0 Å². The molecule has 18 heavy (non-hydrogen) atoms. The Labute approximate surface area is 112 Å². The molecule has 0 saturated heterocycles. The highest BCUT2D eigenvalue weighted by molar-refractivity contribution is 5.68. The molecule has 1 amide bonds. The lowest BCUT2D eigenvalue weighted by atomic mass is 9.73. The Hall–Kier alpha value is -0.990. The summed E-state index contributed by atoms with van der Waals surface area (Å²) in [7, 11) is 0. The van der Waals surface area contributed by atoms with E-state index in [1.807, 2.05) is 13.8 Å². The number of ether oxygens (including phenoxy) is 1. The maximum Gasteiger partial charge on any atom is 0.407 e. The Morgan fingerprint density at radius 1 is 1.11 bits per heavy atom. The Balaban J connectivity index is 4.95. The third-order valence-electron chi connectivity index (χ3n) is 2.78. The molecule has 3 heteroatoms. The van der Waals surface area contributed by atoms with E-state index in [0.717, 1.165) is 5.57 Å². The van der Waals surface area contributed by atoms with Gasteiger partial charge in [-0.2, -0.15) is 0 Å². The van der Waals surface area contributed by atoms with Crippen molar-refractivity contribution in [1.82, 2.24) is 5.32 Å². The first-order valence-electron chi connectivity index (χ1n) is 6.52. The fourth-order valence-electron chi connectivity index (χ4n) is 1.63. The second-order valence-corrected chi connectivity index (χ2v) is 7.17. The minimum absolute atomic E-state index is 0.0525. The van der Waals surface area contributed by atoms with Crippen LogP contribution >= 0.6 is 0 Å². The number of nitrogens with one attached hydrogen (secondary N) is 1. The molecule has 1 atom stereocenters. The van der Waals surface area contributed by atoms with Gasteiger partial charge >= 0.3 is 6.09 Å². The summed E-state index contributed by atoms with van der Waals surface area (Å²) in [6, 6.07) is -0.108. The molecule has 0 aliphatic carbocycles. The largest absolute Gasteiger partial charge is 0.447 e. The molecule has 0 aliphatic rings. The van der Waals surface area contributed by atoms with Gasteiger partial charge in [-0.15, -0.1) is 0 Å². The van der Waals surface area contributed by atoms with E-state index >= 15 is 0 Å². The van der Waals surface area contributed by atoms with Crippen LogP contribution < -0.4 is 5.32 Å². The SMILES string of the molecule is C=C(C(NC(=O)OC(C)C)C(C)(C)C)C(C)(C)C. The second-order valence-electron chi connectivity index (χ2n) is 7.17. The lowest BCUT2D eigenvalue weighted by molar-refractivity contribution is 0.106. The van der Waals surface area contributed by atoms with E-state index in [1.54, 1.807) is 0 Å². The minimum atomic E-state index is -0.379. The molecule has 0 heterocycles. The predicted octanol–water partition coefficient (Wildman–Crippen LogP) is 4.14. The summed E-state index contributed by atoms with van der Waals surface area (Å²) in [5.41, 5.74) is 0.861. The third-order valence-corrected chi connectivity index (χ3v) is 2.78. The van der Waals surface area contributed by atoms with Gasteiger partial charge in [-0.25, -0.2) is 4.79 Å². The van der Waals surface area contributed by atoms with E-state index in [0.29, 0.717) is 0 Å². The van der Waals surface area contributed by atoms with E-state index in [9.17, 15) is 4.79 Å². The molecule has 0 bridgehead atoms. The standard InChI is InChI=1S/C15H29NO2/c1-10(2)18-13(17)16-12(15(7,8)9)11(3)14(4,5)6/h10,12H,3H2,1-2,4-9H3,(H,16,17). The molecular weight excluding hydrogens is 226 g/mol. The summed E-state index contributed by atoms with van der Waals surface area (Å²) in [6.45, 7) is 20.4. The molecule has 1 unspecified atom stereocenters. The maximum absolute atomic E-state index is 11.8. The minimum Gasteiger partial charge on any atom is -0.447 e. The van der Waals surface area contributed by atoms with E-state index in [4.69, 9.17) is 4.74 Å². The van der Waals surface area contributed by atoms with Gasteiger partial charge in [0.15, 0.2) is 0 Å². The average Bonchev–Trinajstić information content (AvgIpc) is 2.08. The molecule has 1 N–H and O–H groups in total. The topological polar surface area (TPSA) is 38.3 Å². The number of carbonyl (C=O) groups excluding carboxylic acids is 1. The fourth-order valence-corrected chi connectivity index (χ4v) is 1.63. The normalized spacial score (nSPS) is 14.3. The Morgan fingerprint density at radius 2 is 1.56 bits per heavy atom. The number of hydrogen-bond donors (Lipinski definition) is 1. The van der Waals surface area contributed by atoms with E-state index < -0.39 is 0 Å². The third kappa shape index (κ3) is 5.56. The van der Waals surface area contributed by atoms with Crippen LogP contribution in [0.1, 0.15) is 55.4 Å². The monoisotopic (exact) mass is 255 g/mol. The van der Waals surface area contributed by atoms with Gasteiger partial charge in [0.1, 0.15) is 0 Å². The van der Waals surface area contributed by atoms with E-state index in [-0.39, 0.29) is 29.1 Å². The summed E-state index contributed by atoms with van der Waals surface area (Å²) in [4.78, 5) is 11.8. The summed E-state index contributed by atoms with van der Waals surface area (Å²) < 4.78 is 5.15. The Kier molecular flexibility index (Phi) is 5.45. The first-order valence-corrected chi connectivity index (χ1v) is 6.52. The molecule has 0 aliphatic heterocycles. The predicted molar refractivity (Wildman–Crippen MR) is 76.6 cm³/mol. The number of alkyl carbamates (subject to hydrolysis) is 1. The van der Waals surface area contributed by atoms with Crippen molar-refractivity contribution >= 4 is 6.09 Å².